The second-order valence-electron chi connectivity index (χ2n) is 5.11. The van der Waals surface area contributed by atoms with Gasteiger partial charge in [-0.15, -0.1) is 0 Å². The van der Waals surface area contributed by atoms with Gasteiger partial charge in [0, 0.05) is 11.8 Å². The Kier molecular flexibility index (Phi) is 3.39. The number of ether oxygens (including phenoxy) is 1. The molecule has 0 bridgehead atoms. The molecule has 0 amide bonds. The van der Waals surface area contributed by atoms with Crippen molar-refractivity contribution in [2.45, 2.75) is 31.2 Å². The van der Waals surface area contributed by atoms with Crippen LogP contribution in [-0.4, -0.2) is 23.6 Å². The van der Waals surface area contributed by atoms with Crippen LogP contribution in [0.1, 0.15) is 25.7 Å². The summed E-state index contributed by atoms with van der Waals surface area (Å²) in [5.74, 6) is 1.27. The SMILES string of the molecule is COc1cc(F)ccc1NC1=NC2(CCCC2)CS1. The van der Waals surface area contributed by atoms with Gasteiger partial charge < -0.3 is 10.1 Å². The van der Waals surface area contributed by atoms with Crippen LogP contribution in [0.4, 0.5) is 10.1 Å². The lowest BCUT2D eigenvalue weighted by Gasteiger charge is -2.16. The number of methoxy groups -OCH3 is 1. The fraction of sp³-hybridized carbons (Fsp3) is 0.500. The van der Waals surface area contributed by atoms with Crippen LogP contribution in [0, 0.1) is 5.82 Å². The van der Waals surface area contributed by atoms with E-state index in [0.29, 0.717) is 5.75 Å². The summed E-state index contributed by atoms with van der Waals surface area (Å²) in [7, 11) is 1.54. The van der Waals surface area contributed by atoms with Crippen LogP contribution in [0.25, 0.3) is 0 Å². The zero-order chi connectivity index (χ0) is 13.3. The van der Waals surface area contributed by atoms with Gasteiger partial charge in [-0.2, -0.15) is 0 Å². The van der Waals surface area contributed by atoms with Gasteiger partial charge in [0.25, 0.3) is 0 Å². The Balaban J connectivity index is 1.79. The van der Waals surface area contributed by atoms with E-state index in [4.69, 9.17) is 9.73 Å². The van der Waals surface area contributed by atoms with Crippen molar-refractivity contribution in [2.24, 2.45) is 4.99 Å². The molecule has 102 valence electrons. The lowest BCUT2D eigenvalue weighted by Crippen LogP contribution is -2.21. The monoisotopic (exact) mass is 280 g/mol. The van der Waals surface area contributed by atoms with Gasteiger partial charge in [-0.3, -0.25) is 4.99 Å². The number of halogens is 1. The molecular weight excluding hydrogens is 263 g/mol. The maximum absolute atomic E-state index is 13.1. The molecule has 3 rings (SSSR count). The molecule has 1 aromatic carbocycles. The number of amidine groups is 1. The van der Waals surface area contributed by atoms with Crippen LogP contribution in [0.15, 0.2) is 23.2 Å². The van der Waals surface area contributed by atoms with E-state index in [0.717, 1.165) is 16.6 Å². The molecule has 1 spiro atoms. The molecule has 0 unspecified atom stereocenters. The zero-order valence-corrected chi connectivity index (χ0v) is 11.7. The first kappa shape index (κ1) is 12.8. The van der Waals surface area contributed by atoms with E-state index in [2.05, 4.69) is 5.32 Å². The van der Waals surface area contributed by atoms with Crippen molar-refractivity contribution in [3.8, 4) is 5.75 Å². The van der Waals surface area contributed by atoms with Crippen molar-refractivity contribution in [3.05, 3.63) is 24.0 Å². The fourth-order valence-corrected chi connectivity index (χ4v) is 3.92. The first-order chi connectivity index (χ1) is 9.21. The van der Waals surface area contributed by atoms with Gasteiger partial charge in [0.15, 0.2) is 5.17 Å². The highest BCUT2D eigenvalue weighted by molar-refractivity contribution is 8.14. The van der Waals surface area contributed by atoms with E-state index >= 15 is 0 Å². The van der Waals surface area contributed by atoms with Crippen LogP contribution >= 0.6 is 11.8 Å². The molecular formula is C14H17FN2OS. The van der Waals surface area contributed by atoms with E-state index in [-0.39, 0.29) is 11.4 Å². The minimum atomic E-state index is -0.296. The Bertz CT molecular complexity index is 512. The Morgan fingerprint density at radius 3 is 2.89 bits per heavy atom. The summed E-state index contributed by atoms with van der Waals surface area (Å²) in [5, 5.41) is 4.18. The molecule has 1 aliphatic carbocycles. The fourth-order valence-electron chi connectivity index (χ4n) is 2.72. The van der Waals surface area contributed by atoms with Gasteiger partial charge in [-0.05, 0) is 25.0 Å². The number of benzene rings is 1. The van der Waals surface area contributed by atoms with Crippen LogP contribution in [-0.2, 0) is 0 Å². The maximum atomic E-state index is 13.1. The van der Waals surface area contributed by atoms with Crippen LogP contribution in [0.5, 0.6) is 5.75 Å². The topological polar surface area (TPSA) is 33.6 Å². The van der Waals surface area contributed by atoms with Gasteiger partial charge >= 0.3 is 0 Å². The summed E-state index contributed by atoms with van der Waals surface area (Å²) >= 11 is 1.75. The molecule has 19 heavy (non-hydrogen) atoms. The van der Waals surface area contributed by atoms with Crippen molar-refractivity contribution >= 4 is 22.6 Å². The summed E-state index contributed by atoms with van der Waals surface area (Å²) < 4.78 is 18.3. The second kappa shape index (κ2) is 5.04. The highest BCUT2D eigenvalue weighted by Gasteiger charge is 2.38. The van der Waals surface area contributed by atoms with Gasteiger partial charge in [0.2, 0.25) is 0 Å². The largest absolute Gasteiger partial charge is 0.494 e. The lowest BCUT2D eigenvalue weighted by molar-refractivity contribution is 0.413. The summed E-state index contributed by atoms with van der Waals surface area (Å²) in [5.41, 5.74) is 0.922. The van der Waals surface area contributed by atoms with Gasteiger partial charge in [-0.1, -0.05) is 24.6 Å². The molecule has 5 heteroatoms. The van der Waals surface area contributed by atoms with E-state index in [1.807, 2.05) is 0 Å². The molecule has 1 aromatic rings. The molecule has 0 radical (unpaired) electrons. The maximum Gasteiger partial charge on any atom is 0.161 e. The van der Waals surface area contributed by atoms with Crippen molar-refractivity contribution in [1.82, 2.24) is 0 Å². The van der Waals surface area contributed by atoms with Crippen LogP contribution < -0.4 is 10.1 Å². The average molecular weight is 280 g/mol. The van der Waals surface area contributed by atoms with E-state index in [9.17, 15) is 4.39 Å². The number of nitrogens with zero attached hydrogens (tertiary/aromatic N) is 1. The highest BCUT2D eigenvalue weighted by Crippen LogP contribution is 2.41. The summed E-state index contributed by atoms with van der Waals surface area (Å²) in [6, 6.07) is 4.50. The lowest BCUT2D eigenvalue weighted by atomic mass is 10.0. The first-order valence-electron chi connectivity index (χ1n) is 6.54. The molecule has 1 saturated carbocycles. The molecule has 1 fully saturated rings. The van der Waals surface area contributed by atoms with Crippen molar-refractivity contribution < 1.29 is 9.13 Å². The first-order valence-corrected chi connectivity index (χ1v) is 7.53. The minimum absolute atomic E-state index is 0.153. The summed E-state index contributed by atoms with van der Waals surface area (Å²) in [6.07, 6.45) is 4.92. The predicted molar refractivity (Wildman–Crippen MR) is 77.7 cm³/mol. The molecule has 1 N–H and O–H groups in total. The van der Waals surface area contributed by atoms with Crippen LogP contribution in [0.3, 0.4) is 0 Å². The minimum Gasteiger partial charge on any atom is -0.494 e. The summed E-state index contributed by atoms with van der Waals surface area (Å²) in [6.45, 7) is 0. The summed E-state index contributed by atoms with van der Waals surface area (Å²) in [4.78, 5) is 4.83. The zero-order valence-electron chi connectivity index (χ0n) is 10.9. The number of hydrogen-bond acceptors (Lipinski definition) is 4. The van der Waals surface area contributed by atoms with Gasteiger partial charge in [0.1, 0.15) is 11.6 Å². The molecule has 3 nitrogen and oxygen atoms in total. The van der Waals surface area contributed by atoms with Gasteiger partial charge in [-0.25, -0.2) is 4.39 Å². The van der Waals surface area contributed by atoms with E-state index < -0.39 is 0 Å². The van der Waals surface area contributed by atoms with E-state index in [1.165, 1.54) is 37.8 Å². The highest BCUT2D eigenvalue weighted by atomic mass is 32.2. The third-order valence-corrected chi connectivity index (χ3v) is 4.90. The number of hydrogen-bond donors (Lipinski definition) is 1. The number of thioether (sulfide) groups is 1. The Labute approximate surface area is 116 Å². The average Bonchev–Trinajstić information content (AvgIpc) is 3.03. The molecule has 0 saturated heterocycles. The number of nitrogens with one attached hydrogen (secondary N) is 1. The van der Waals surface area contributed by atoms with Crippen molar-refractivity contribution in [1.29, 1.82) is 0 Å². The number of anilines is 1. The molecule has 2 aliphatic rings. The Morgan fingerprint density at radius 2 is 2.16 bits per heavy atom. The second-order valence-corrected chi connectivity index (χ2v) is 6.07. The normalized spacial score (nSPS) is 20.6. The molecule has 0 aromatic heterocycles. The van der Waals surface area contributed by atoms with Crippen molar-refractivity contribution in [3.63, 3.8) is 0 Å². The van der Waals surface area contributed by atoms with Crippen LogP contribution in [0.2, 0.25) is 0 Å². The van der Waals surface area contributed by atoms with Crippen molar-refractivity contribution in [2.75, 3.05) is 18.2 Å². The van der Waals surface area contributed by atoms with E-state index in [1.54, 1.807) is 24.9 Å². The Hall–Kier alpha value is -1.23. The standard InChI is InChI=1S/C14H17FN2OS/c1-18-12-8-10(15)4-5-11(12)16-13-17-14(9-19-13)6-2-3-7-14/h4-5,8H,2-3,6-7,9H2,1H3,(H,16,17). The smallest absolute Gasteiger partial charge is 0.161 e. The molecule has 0 atom stereocenters. The van der Waals surface area contributed by atoms with Gasteiger partial charge in [0.05, 0.1) is 18.3 Å². The molecule has 1 heterocycles. The number of aliphatic imine (C=N–C) groups is 1. The predicted octanol–water partition coefficient (Wildman–Crippen LogP) is 3.66. The Morgan fingerprint density at radius 1 is 1.37 bits per heavy atom. The quantitative estimate of drug-likeness (QED) is 0.897. The third-order valence-electron chi connectivity index (χ3n) is 3.76. The third kappa shape index (κ3) is 2.56. The molecule has 1 aliphatic heterocycles. The number of rotatable bonds is 2.